The first-order valence-corrected chi connectivity index (χ1v) is 9.22. The summed E-state index contributed by atoms with van der Waals surface area (Å²) in [5.41, 5.74) is 0.727. The van der Waals surface area contributed by atoms with Gasteiger partial charge in [-0.15, -0.1) is 0 Å². The highest BCUT2D eigenvalue weighted by molar-refractivity contribution is 7.89. The first-order valence-electron chi connectivity index (χ1n) is 7.74. The lowest BCUT2D eigenvalue weighted by molar-refractivity contribution is 0.114. The van der Waals surface area contributed by atoms with E-state index in [2.05, 4.69) is 17.0 Å². The fraction of sp³-hybridized carbons (Fsp3) is 0.600. The lowest BCUT2D eigenvalue weighted by Gasteiger charge is -2.27. The molecule has 2 atom stereocenters. The summed E-state index contributed by atoms with van der Waals surface area (Å²) in [6.45, 7) is 3.79. The van der Waals surface area contributed by atoms with Gasteiger partial charge in [-0.1, -0.05) is 6.92 Å². The zero-order valence-electron chi connectivity index (χ0n) is 12.7. The number of sulfonamides is 1. The maximum absolute atomic E-state index is 12.4. The molecule has 122 valence electrons. The maximum atomic E-state index is 12.4. The van der Waals surface area contributed by atoms with Crippen LogP contribution in [0, 0.1) is 0 Å². The number of hydrogen-bond acceptors (Lipinski definition) is 5. The van der Waals surface area contributed by atoms with Gasteiger partial charge in [0.25, 0.3) is 0 Å². The zero-order chi connectivity index (χ0) is 15.6. The van der Waals surface area contributed by atoms with E-state index < -0.39 is 10.0 Å². The third-order valence-electron chi connectivity index (χ3n) is 4.06. The van der Waals surface area contributed by atoms with Crippen LogP contribution in [-0.4, -0.2) is 40.3 Å². The molecule has 0 amide bonds. The summed E-state index contributed by atoms with van der Waals surface area (Å²) in [5.74, 6) is 0.705. The van der Waals surface area contributed by atoms with Gasteiger partial charge in [-0.2, -0.15) is 0 Å². The summed E-state index contributed by atoms with van der Waals surface area (Å²) >= 11 is 0. The Morgan fingerprint density at radius 2 is 2.23 bits per heavy atom. The molecule has 1 aromatic rings. The molecule has 0 spiro atoms. The van der Waals surface area contributed by atoms with Gasteiger partial charge in [0.05, 0.1) is 23.2 Å². The summed E-state index contributed by atoms with van der Waals surface area (Å²) in [5, 5.41) is 3.23. The van der Waals surface area contributed by atoms with Crippen LogP contribution in [0.2, 0.25) is 0 Å². The smallest absolute Gasteiger partial charge is 0.240 e. The predicted molar refractivity (Wildman–Crippen MR) is 83.8 cm³/mol. The van der Waals surface area contributed by atoms with Gasteiger partial charge >= 0.3 is 0 Å². The molecule has 1 saturated heterocycles. The average Bonchev–Trinajstić information content (AvgIpc) is 3.05. The molecule has 2 unspecified atom stereocenters. The standard InChI is InChI=1S/C15H22N2O4S/c1-2-11-9-16-14-8-13(5-6-15(14)21-11)22(18,19)17-10-12-4-3-7-20-12/h5-6,8,11-12,16-17H,2-4,7,9-10H2,1H3. The van der Waals surface area contributed by atoms with Crippen molar-refractivity contribution in [3.63, 3.8) is 0 Å². The quantitative estimate of drug-likeness (QED) is 0.862. The van der Waals surface area contributed by atoms with Crippen molar-refractivity contribution in [1.29, 1.82) is 0 Å². The molecule has 1 aromatic carbocycles. The summed E-state index contributed by atoms with van der Waals surface area (Å²) in [7, 11) is -3.53. The van der Waals surface area contributed by atoms with Crippen molar-refractivity contribution in [3.05, 3.63) is 18.2 Å². The Morgan fingerprint density at radius 1 is 1.36 bits per heavy atom. The summed E-state index contributed by atoms with van der Waals surface area (Å²) in [4.78, 5) is 0.246. The molecule has 2 heterocycles. The van der Waals surface area contributed by atoms with E-state index in [0.29, 0.717) is 25.4 Å². The van der Waals surface area contributed by atoms with Gasteiger partial charge in [0.15, 0.2) is 0 Å². The molecule has 2 N–H and O–H groups in total. The molecule has 1 fully saturated rings. The van der Waals surface area contributed by atoms with Crippen molar-refractivity contribution in [1.82, 2.24) is 4.72 Å². The van der Waals surface area contributed by atoms with Crippen molar-refractivity contribution in [2.75, 3.05) is 25.0 Å². The van der Waals surface area contributed by atoms with Crippen LogP contribution < -0.4 is 14.8 Å². The maximum Gasteiger partial charge on any atom is 0.240 e. The topological polar surface area (TPSA) is 76.7 Å². The third kappa shape index (κ3) is 3.37. The van der Waals surface area contributed by atoms with Crippen LogP contribution >= 0.6 is 0 Å². The van der Waals surface area contributed by atoms with Crippen LogP contribution in [0.25, 0.3) is 0 Å². The minimum Gasteiger partial charge on any atom is -0.486 e. The molecule has 0 aliphatic carbocycles. The average molecular weight is 326 g/mol. The number of fused-ring (bicyclic) bond motifs is 1. The second kappa shape index (κ2) is 6.44. The van der Waals surface area contributed by atoms with E-state index in [1.54, 1.807) is 18.2 Å². The lowest BCUT2D eigenvalue weighted by atomic mass is 10.2. The van der Waals surface area contributed by atoms with Crippen molar-refractivity contribution in [3.8, 4) is 5.75 Å². The number of ether oxygens (including phenoxy) is 2. The molecule has 2 aliphatic rings. The molecular formula is C15H22N2O4S. The van der Waals surface area contributed by atoms with Crippen molar-refractivity contribution in [2.45, 2.75) is 43.3 Å². The van der Waals surface area contributed by atoms with Crippen LogP contribution in [0.1, 0.15) is 26.2 Å². The minimum atomic E-state index is -3.53. The third-order valence-corrected chi connectivity index (χ3v) is 5.48. The first-order chi connectivity index (χ1) is 10.6. The van der Waals surface area contributed by atoms with E-state index >= 15 is 0 Å². The van der Waals surface area contributed by atoms with E-state index in [0.717, 1.165) is 24.9 Å². The van der Waals surface area contributed by atoms with Gasteiger partial charge in [-0.25, -0.2) is 13.1 Å². The molecule has 6 nitrogen and oxygen atoms in total. The Labute approximate surface area is 131 Å². The molecule has 0 saturated carbocycles. The summed E-state index contributed by atoms with van der Waals surface area (Å²) in [6, 6.07) is 4.92. The highest BCUT2D eigenvalue weighted by Crippen LogP contribution is 2.32. The molecule has 22 heavy (non-hydrogen) atoms. The van der Waals surface area contributed by atoms with E-state index in [-0.39, 0.29) is 17.1 Å². The fourth-order valence-electron chi connectivity index (χ4n) is 2.68. The molecular weight excluding hydrogens is 304 g/mol. The number of benzene rings is 1. The first kappa shape index (κ1) is 15.6. The minimum absolute atomic E-state index is 0.0147. The molecule has 2 aliphatic heterocycles. The molecule has 0 bridgehead atoms. The van der Waals surface area contributed by atoms with Crippen LogP contribution in [0.5, 0.6) is 5.75 Å². The van der Waals surface area contributed by atoms with Crippen LogP contribution in [0.4, 0.5) is 5.69 Å². The Morgan fingerprint density at radius 3 is 2.95 bits per heavy atom. The highest BCUT2D eigenvalue weighted by Gasteiger charge is 2.23. The van der Waals surface area contributed by atoms with Gasteiger partial charge in [0.2, 0.25) is 10.0 Å². The van der Waals surface area contributed by atoms with Gasteiger partial charge in [0.1, 0.15) is 11.9 Å². The summed E-state index contributed by atoms with van der Waals surface area (Å²) in [6.07, 6.45) is 2.92. The van der Waals surface area contributed by atoms with E-state index in [9.17, 15) is 8.42 Å². The second-order valence-electron chi connectivity index (χ2n) is 5.67. The SMILES string of the molecule is CCC1CNc2cc(S(=O)(=O)NCC3CCCO3)ccc2O1. The Hall–Kier alpha value is -1.31. The Bertz CT molecular complexity index is 626. The van der Waals surface area contributed by atoms with Crippen LogP contribution in [0.15, 0.2) is 23.1 Å². The van der Waals surface area contributed by atoms with E-state index in [4.69, 9.17) is 9.47 Å². The van der Waals surface area contributed by atoms with E-state index in [1.807, 2.05) is 0 Å². The summed E-state index contributed by atoms with van der Waals surface area (Å²) < 4.78 is 38.6. The number of rotatable bonds is 5. The zero-order valence-corrected chi connectivity index (χ0v) is 13.5. The fourth-order valence-corrected chi connectivity index (χ4v) is 3.77. The molecule has 3 rings (SSSR count). The largest absolute Gasteiger partial charge is 0.486 e. The van der Waals surface area contributed by atoms with Crippen molar-refractivity contribution < 1.29 is 17.9 Å². The van der Waals surface area contributed by atoms with Gasteiger partial charge in [-0.05, 0) is 37.5 Å². The molecule has 7 heteroatoms. The molecule has 0 radical (unpaired) electrons. The van der Waals surface area contributed by atoms with Crippen molar-refractivity contribution >= 4 is 15.7 Å². The monoisotopic (exact) mass is 326 g/mol. The number of hydrogen-bond donors (Lipinski definition) is 2. The Balaban J connectivity index is 1.71. The number of anilines is 1. The van der Waals surface area contributed by atoms with Crippen LogP contribution in [-0.2, 0) is 14.8 Å². The van der Waals surface area contributed by atoms with Crippen LogP contribution in [0.3, 0.4) is 0 Å². The number of nitrogens with one attached hydrogen (secondary N) is 2. The normalized spacial score (nSPS) is 24.4. The Kier molecular flexibility index (Phi) is 4.56. The van der Waals surface area contributed by atoms with E-state index in [1.165, 1.54) is 0 Å². The van der Waals surface area contributed by atoms with Gasteiger partial charge in [0, 0.05) is 13.2 Å². The van der Waals surface area contributed by atoms with Gasteiger partial charge < -0.3 is 14.8 Å². The molecule has 0 aromatic heterocycles. The highest BCUT2D eigenvalue weighted by atomic mass is 32.2. The van der Waals surface area contributed by atoms with Crippen molar-refractivity contribution in [2.24, 2.45) is 0 Å². The predicted octanol–water partition coefficient (Wildman–Crippen LogP) is 1.73. The lowest BCUT2D eigenvalue weighted by Crippen LogP contribution is -2.32. The van der Waals surface area contributed by atoms with Gasteiger partial charge in [-0.3, -0.25) is 0 Å². The second-order valence-corrected chi connectivity index (χ2v) is 7.44.